The Bertz CT molecular complexity index is 262. The fourth-order valence-corrected chi connectivity index (χ4v) is 1.24. The minimum atomic E-state index is 0.272. The lowest BCUT2D eigenvalue weighted by Gasteiger charge is -2.12. The van der Waals surface area contributed by atoms with E-state index in [4.69, 9.17) is 4.74 Å². The summed E-state index contributed by atoms with van der Waals surface area (Å²) in [7, 11) is 3.57. The third-order valence-electron chi connectivity index (χ3n) is 2.05. The van der Waals surface area contributed by atoms with Crippen molar-refractivity contribution in [2.24, 2.45) is 0 Å². The molecule has 1 aromatic rings. The van der Waals surface area contributed by atoms with Crippen LogP contribution in [0.1, 0.15) is 25.2 Å². The van der Waals surface area contributed by atoms with Crippen molar-refractivity contribution >= 4 is 0 Å². The van der Waals surface area contributed by atoms with E-state index in [1.165, 1.54) is 0 Å². The summed E-state index contributed by atoms with van der Waals surface area (Å²) in [6.07, 6.45) is 0.915. The molecule has 6 heteroatoms. The quantitative estimate of drug-likeness (QED) is 0.698. The van der Waals surface area contributed by atoms with Gasteiger partial charge in [0.15, 0.2) is 5.82 Å². The summed E-state index contributed by atoms with van der Waals surface area (Å²) in [6, 6.07) is 0.272. The Kier molecular flexibility index (Phi) is 4.48. The van der Waals surface area contributed by atoms with Gasteiger partial charge < -0.3 is 10.1 Å². The van der Waals surface area contributed by atoms with Gasteiger partial charge in [0.05, 0.1) is 12.6 Å². The normalized spacial score (nSPS) is 13.1. The molecular formula is C8H17N5O. The van der Waals surface area contributed by atoms with E-state index < -0.39 is 0 Å². The molecule has 0 amide bonds. The number of methoxy groups -OCH3 is 1. The molecule has 1 N–H and O–H groups in total. The molecule has 0 bridgehead atoms. The highest BCUT2D eigenvalue weighted by Gasteiger charge is 2.11. The summed E-state index contributed by atoms with van der Waals surface area (Å²) in [6.45, 7) is 3.49. The standard InChI is InChI=1S/C8H17N5O/c1-7(4-5-14-3)13-8(6-9-2)10-11-12-13/h7,9H,4-6H2,1-3H3. The molecule has 1 aromatic heterocycles. The SMILES string of the molecule is CNCc1nnnn1C(C)CCOC. The molecule has 0 saturated heterocycles. The predicted octanol–water partition coefficient (Wildman–Crippen LogP) is -0.0100. The summed E-state index contributed by atoms with van der Waals surface area (Å²) in [5, 5.41) is 14.6. The van der Waals surface area contributed by atoms with Crippen molar-refractivity contribution in [1.82, 2.24) is 25.5 Å². The van der Waals surface area contributed by atoms with Gasteiger partial charge in [-0.3, -0.25) is 0 Å². The molecular weight excluding hydrogens is 182 g/mol. The largest absolute Gasteiger partial charge is 0.385 e. The van der Waals surface area contributed by atoms with E-state index in [-0.39, 0.29) is 6.04 Å². The van der Waals surface area contributed by atoms with Gasteiger partial charge in [0, 0.05) is 13.7 Å². The fraction of sp³-hybridized carbons (Fsp3) is 0.875. The first-order valence-electron chi connectivity index (χ1n) is 4.70. The van der Waals surface area contributed by atoms with Crippen LogP contribution < -0.4 is 5.32 Å². The first kappa shape index (κ1) is 11.1. The number of hydrogen-bond donors (Lipinski definition) is 1. The third-order valence-corrected chi connectivity index (χ3v) is 2.05. The predicted molar refractivity (Wildman–Crippen MR) is 51.8 cm³/mol. The minimum Gasteiger partial charge on any atom is -0.385 e. The van der Waals surface area contributed by atoms with Crippen LogP contribution >= 0.6 is 0 Å². The number of nitrogens with zero attached hydrogens (tertiary/aromatic N) is 4. The van der Waals surface area contributed by atoms with Crippen molar-refractivity contribution in [3.8, 4) is 0 Å². The Morgan fingerprint density at radius 2 is 2.36 bits per heavy atom. The van der Waals surface area contributed by atoms with Gasteiger partial charge in [-0.1, -0.05) is 0 Å². The van der Waals surface area contributed by atoms with Gasteiger partial charge in [0.25, 0.3) is 0 Å². The maximum absolute atomic E-state index is 5.01. The third kappa shape index (κ3) is 2.74. The fourth-order valence-electron chi connectivity index (χ4n) is 1.24. The summed E-state index contributed by atoms with van der Waals surface area (Å²) in [5.41, 5.74) is 0. The summed E-state index contributed by atoms with van der Waals surface area (Å²) in [5.74, 6) is 0.858. The summed E-state index contributed by atoms with van der Waals surface area (Å²) < 4.78 is 6.84. The number of rotatable bonds is 6. The van der Waals surface area contributed by atoms with Crippen LogP contribution in [0.2, 0.25) is 0 Å². The average Bonchev–Trinajstić information content (AvgIpc) is 2.63. The van der Waals surface area contributed by atoms with Crippen LogP contribution in [-0.4, -0.2) is 41.0 Å². The zero-order chi connectivity index (χ0) is 10.4. The molecule has 0 aliphatic carbocycles. The van der Waals surface area contributed by atoms with Crippen molar-refractivity contribution < 1.29 is 4.74 Å². The lowest BCUT2D eigenvalue weighted by molar-refractivity contribution is 0.177. The van der Waals surface area contributed by atoms with Crippen molar-refractivity contribution in [2.75, 3.05) is 20.8 Å². The second-order valence-corrected chi connectivity index (χ2v) is 3.20. The molecule has 14 heavy (non-hydrogen) atoms. The monoisotopic (exact) mass is 199 g/mol. The van der Waals surface area contributed by atoms with Gasteiger partial charge in [-0.25, -0.2) is 4.68 Å². The lowest BCUT2D eigenvalue weighted by atomic mass is 10.2. The molecule has 0 spiro atoms. The topological polar surface area (TPSA) is 64.9 Å². The first-order valence-corrected chi connectivity index (χ1v) is 4.70. The molecule has 6 nitrogen and oxygen atoms in total. The van der Waals surface area contributed by atoms with Crippen molar-refractivity contribution in [1.29, 1.82) is 0 Å². The van der Waals surface area contributed by atoms with E-state index in [9.17, 15) is 0 Å². The average molecular weight is 199 g/mol. The van der Waals surface area contributed by atoms with Gasteiger partial charge >= 0.3 is 0 Å². The van der Waals surface area contributed by atoms with Crippen LogP contribution in [0.4, 0.5) is 0 Å². The molecule has 1 heterocycles. The smallest absolute Gasteiger partial charge is 0.165 e. The Labute approximate surface area is 83.6 Å². The Balaban J connectivity index is 2.58. The van der Waals surface area contributed by atoms with E-state index in [1.807, 2.05) is 11.7 Å². The number of tetrazole rings is 1. The summed E-state index contributed by atoms with van der Waals surface area (Å²) >= 11 is 0. The Hall–Kier alpha value is -1.01. The van der Waals surface area contributed by atoms with E-state index in [2.05, 4.69) is 27.8 Å². The zero-order valence-electron chi connectivity index (χ0n) is 8.90. The highest BCUT2D eigenvalue weighted by atomic mass is 16.5. The number of hydrogen-bond acceptors (Lipinski definition) is 5. The van der Waals surface area contributed by atoms with Gasteiger partial charge in [0.2, 0.25) is 0 Å². The van der Waals surface area contributed by atoms with Crippen LogP contribution in [0.15, 0.2) is 0 Å². The first-order chi connectivity index (χ1) is 6.79. The molecule has 0 aromatic carbocycles. The van der Waals surface area contributed by atoms with E-state index in [0.717, 1.165) is 18.9 Å². The Morgan fingerprint density at radius 1 is 1.57 bits per heavy atom. The van der Waals surface area contributed by atoms with E-state index >= 15 is 0 Å². The number of aromatic nitrogens is 4. The van der Waals surface area contributed by atoms with Crippen molar-refractivity contribution in [3.05, 3.63) is 5.82 Å². The zero-order valence-corrected chi connectivity index (χ0v) is 8.90. The van der Waals surface area contributed by atoms with E-state index in [0.29, 0.717) is 6.54 Å². The van der Waals surface area contributed by atoms with Crippen LogP contribution in [0, 0.1) is 0 Å². The molecule has 0 aliphatic heterocycles. The second kappa shape index (κ2) is 5.66. The second-order valence-electron chi connectivity index (χ2n) is 3.20. The summed E-state index contributed by atoms with van der Waals surface area (Å²) in [4.78, 5) is 0. The maximum Gasteiger partial charge on any atom is 0.165 e. The number of nitrogens with one attached hydrogen (secondary N) is 1. The molecule has 0 radical (unpaired) electrons. The number of ether oxygens (including phenoxy) is 1. The Morgan fingerprint density at radius 3 is 3.00 bits per heavy atom. The van der Waals surface area contributed by atoms with Gasteiger partial charge in [-0.05, 0) is 30.8 Å². The highest BCUT2D eigenvalue weighted by Crippen LogP contribution is 2.09. The van der Waals surface area contributed by atoms with Gasteiger partial charge in [-0.15, -0.1) is 5.10 Å². The minimum absolute atomic E-state index is 0.272. The van der Waals surface area contributed by atoms with Gasteiger partial charge in [0.1, 0.15) is 0 Å². The maximum atomic E-state index is 5.01. The molecule has 1 unspecified atom stereocenters. The van der Waals surface area contributed by atoms with Crippen molar-refractivity contribution in [3.63, 3.8) is 0 Å². The molecule has 0 saturated carbocycles. The molecule has 1 atom stereocenters. The van der Waals surface area contributed by atoms with E-state index in [1.54, 1.807) is 7.11 Å². The molecule has 0 fully saturated rings. The highest BCUT2D eigenvalue weighted by molar-refractivity contribution is 4.82. The van der Waals surface area contributed by atoms with Crippen LogP contribution in [0.25, 0.3) is 0 Å². The van der Waals surface area contributed by atoms with Gasteiger partial charge in [-0.2, -0.15) is 0 Å². The van der Waals surface area contributed by atoms with Crippen LogP contribution in [0.3, 0.4) is 0 Å². The van der Waals surface area contributed by atoms with Crippen LogP contribution in [0.5, 0.6) is 0 Å². The van der Waals surface area contributed by atoms with Crippen LogP contribution in [-0.2, 0) is 11.3 Å². The molecule has 1 rings (SSSR count). The molecule has 80 valence electrons. The lowest BCUT2D eigenvalue weighted by Crippen LogP contribution is -2.17. The van der Waals surface area contributed by atoms with Crippen molar-refractivity contribution in [2.45, 2.75) is 25.9 Å². The molecule has 0 aliphatic rings.